The van der Waals surface area contributed by atoms with E-state index in [1.807, 2.05) is 0 Å². The Labute approximate surface area is 438 Å². The number of unbranched alkanes of at least 4 members (excludes halogenated alkanes) is 22. The number of hydrogen-bond acceptors (Lipinski definition) is 11. The predicted octanol–water partition coefficient (Wildman–Crippen LogP) is 14.0. The molecule has 1 heterocycles. The molecular weight excluding hydrogens is 933 g/mol. The summed E-state index contributed by atoms with van der Waals surface area (Å²) in [5.41, 5.74) is 0. The summed E-state index contributed by atoms with van der Waals surface area (Å²) in [7, 11) is -5.08. The number of hydrogen-bond donors (Lipinski definition) is 4. The summed E-state index contributed by atoms with van der Waals surface area (Å²) < 4.78 is 59.3. The van der Waals surface area contributed by atoms with E-state index in [1.165, 1.54) is 122 Å². The molecule has 12 nitrogen and oxygen atoms in total. The van der Waals surface area contributed by atoms with E-state index in [0.717, 1.165) is 70.6 Å². The molecule has 416 valence electrons. The lowest BCUT2D eigenvalue weighted by molar-refractivity contribution is -0.301. The molecule has 1 fully saturated rings. The van der Waals surface area contributed by atoms with Gasteiger partial charge in [0.05, 0.1) is 19.8 Å². The highest BCUT2D eigenvalue weighted by molar-refractivity contribution is 7.80. The van der Waals surface area contributed by atoms with E-state index in [9.17, 15) is 33.1 Å². The van der Waals surface area contributed by atoms with Crippen LogP contribution in [0.1, 0.15) is 219 Å². The van der Waals surface area contributed by atoms with Gasteiger partial charge >= 0.3 is 16.4 Å². The van der Waals surface area contributed by atoms with E-state index in [4.69, 9.17) is 18.9 Å². The summed E-state index contributed by atoms with van der Waals surface area (Å²) in [5.74, 6) is -0.441. The zero-order valence-electron chi connectivity index (χ0n) is 45.0. The first kappa shape index (κ1) is 67.3. The molecule has 6 atom stereocenters. The second-order valence-electron chi connectivity index (χ2n) is 19.1. The summed E-state index contributed by atoms with van der Waals surface area (Å²) in [6.07, 6.45) is 57.7. The largest absolute Gasteiger partial charge is 0.457 e. The monoisotopic (exact) mass is 1030 g/mol. The first-order chi connectivity index (χ1) is 35.1. The van der Waals surface area contributed by atoms with Gasteiger partial charge in [-0.05, 0) is 89.9 Å². The van der Waals surface area contributed by atoms with Gasteiger partial charge in [0.2, 0.25) is 0 Å². The van der Waals surface area contributed by atoms with Gasteiger partial charge in [-0.2, -0.15) is 8.42 Å². The van der Waals surface area contributed by atoms with Crippen LogP contribution in [0.4, 0.5) is 0 Å². The van der Waals surface area contributed by atoms with Gasteiger partial charge in [0.15, 0.2) is 6.29 Å². The Kier molecular flexibility index (Phi) is 46.0. The van der Waals surface area contributed by atoms with Crippen molar-refractivity contribution >= 4 is 16.4 Å². The molecule has 0 aromatic heterocycles. The van der Waals surface area contributed by atoms with Crippen molar-refractivity contribution in [1.29, 1.82) is 0 Å². The highest BCUT2D eigenvalue weighted by Gasteiger charge is 2.48. The summed E-state index contributed by atoms with van der Waals surface area (Å²) in [6, 6.07) is 0. The summed E-state index contributed by atoms with van der Waals surface area (Å²) >= 11 is 0. The average molecular weight is 1040 g/mol. The van der Waals surface area contributed by atoms with Gasteiger partial charge in [-0.1, -0.05) is 208 Å². The van der Waals surface area contributed by atoms with Gasteiger partial charge in [-0.25, -0.2) is 4.18 Å². The molecule has 1 saturated heterocycles. The van der Waals surface area contributed by atoms with Crippen molar-refractivity contribution in [2.45, 2.75) is 256 Å². The number of esters is 1. The fourth-order valence-corrected chi connectivity index (χ4v) is 8.77. The number of aliphatic hydroxyl groups excluding tert-OH is 3. The number of ether oxygens (including phenoxy) is 4. The van der Waals surface area contributed by atoms with Crippen LogP contribution in [0.2, 0.25) is 0 Å². The molecule has 6 unspecified atom stereocenters. The smallest absolute Gasteiger partial charge is 0.397 e. The minimum absolute atomic E-state index is 0.0140. The van der Waals surface area contributed by atoms with Crippen molar-refractivity contribution in [3.63, 3.8) is 0 Å². The quantitative estimate of drug-likeness (QED) is 0.0196. The van der Waals surface area contributed by atoms with Crippen LogP contribution in [0.5, 0.6) is 0 Å². The van der Waals surface area contributed by atoms with Crippen LogP contribution in [0, 0.1) is 0 Å². The number of aliphatic hydroxyl groups is 3. The molecule has 13 heteroatoms. The average Bonchev–Trinajstić information content (AvgIpc) is 3.36. The molecule has 0 aromatic carbocycles. The lowest BCUT2D eigenvalue weighted by Crippen LogP contribution is -2.60. The number of rotatable bonds is 49. The topological polar surface area (TPSA) is 178 Å². The van der Waals surface area contributed by atoms with Gasteiger partial charge in [-0.15, -0.1) is 0 Å². The molecule has 0 radical (unpaired) electrons. The first-order valence-corrected chi connectivity index (χ1v) is 29.7. The van der Waals surface area contributed by atoms with E-state index in [2.05, 4.69) is 103 Å². The van der Waals surface area contributed by atoms with Crippen molar-refractivity contribution in [2.75, 3.05) is 26.4 Å². The minimum atomic E-state index is -5.08. The highest BCUT2D eigenvalue weighted by atomic mass is 32.3. The highest BCUT2D eigenvalue weighted by Crippen LogP contribution is 2.26. The minimum Gasteiger partial charge on any atom is -0.457 e. The van der Waals surface area contributed by atoms with Crippen LogP contribution in [0.15, 0.2) is 85.1 Å². The number of carbonyl (C=O) groups is 1. The Morgan fingerprint density at radius 3 is 1.42 bits per heavy atom. The fraction of sp³-hybridized carbons (Fsp3) is 0.746. The first-order valence-electron chi connectivity index (χ1n) is 28.3. The molecule has 4 N–H and O–H groups in total. The maximum atomic E-state index is 12.9. The van der Waals surface area contributed by atoms with E-state index in [-0.39, 0.29) is 19.6 Å². The van der Waals surface area contributed by atoms with Crippen molar-refractivity contribution in [2.24, 2.45) is 0 Å². The van der Waals surface area contributed by atoms with Crippen molar-refractivity contribution in [3.8, 4) is 0 Å². The molecule has 0 bridgehead atoms. The van der Waals surface area contributed by atoms with Gasteiger partial charge in [0.1, 0.15) is 30.5 Å². The van der Waals surface area contributed by atoms with Crippen molar-refractivity contribution in [3.05, 3.63) is 85.1 Å². The molecule has 1 aliphatic heterocycles. The van der Waals surface area contributed by atoms with E-state index in [0.29, 0.717) is 13.0 Å². The van der Waals surface area contributed by atoms with Gasteiger partial charge in [0, 0.05) is 13.0 Å². The Bertz CT molecular complexity index is 1570. The summed E-state index contributed by atoms with van der Waals surface area (Å²) in [5, 5.41) is 30.8. The normalized spacial score (nSPS) is 19.6. The van der Waals surface area contributed by atoms with E-state index < -0.39 is 59.8 Å². The number of carbonyl (C=O) groups excluding carboxylic acids is 1. The Morgan fingerprint density at radius 2 is 0.958 bits per heavy atom. The summed E-state index contributed by atoms with van der Waals surface area (Å²) in [6.45, 7) is 3.84. The maximum absolute atomic E-state index is 12.9. The van der Waals surface area contributed by atoms with Gasteiger partial charge in [0.25, 0.3) is 0 Å². The molecule has 0 saturated carbocycles. The van der Waals surface area contributed by atoms with Crippen LogP contribution in [-0.4, -0.2) is 97.5 Å². The van der Waals surface area contributed by atoms with Crippen molar-refractivity contribution < 1.29 is 56.2 Å². The third-order valence-electron chi connectivity index (χ3n) is 12.5. The Hall–Kier alpha value is -2.72. The molecule has 0 amide bonds. The van der Waals surface area contributed by atoms with Crippen LogP contribution in [0.3, 0.4) is 0 Å². The van der Waals surface area contributed by atoms with E-state index in [1.54, 1.807) is 0 Å². The van der Waals surface area contributed by atoms with Crippen LogP contribution < -0.4 is 0 Å². The third kappa shape index (κ3) is 41.6. The number of allylic oxidation sites excluding steroid dienone is 14. The molecule has 72 heavy (non-hydrogen) atoms. The zero-order chi connectivity index (χ0) is 52.4. The molecule has 0 aromatic rings. The molecule has 1 rings (SSSR count). The van der Waals surface area contributed by atoms with E-state index >= 15 is 0 Å². The second-order valence-corrected chi connectivity index (χ2v) is 20.2. The molecule has 0 spiro atoms. The summed E-state index contributed by atoms with van der Waals surface area (Å²) in [4.78, 5) is 12.9. The SMILES string of the molecule is CC/C=C\C/C=C\C/C=C\C/C=C\C/C=C\C/C=C\CCCCC(=O)OC(COCCCCCCCCCCCCCC/C=C\CCCCCCCCCC)COC1OC(CO)C(O)C(OS(=O)(=O)O)C1O. The molecule has 0 aliphatic carbocycles. The fourth-order valence-electron chi connectivity index (χ4n) is 8.26. The van der Waals surface area contributed by atoms with Crippen LogP contribution in [-0.2, 0) is 38.3 Å². The standard InChI is InChI=1S/C59H102O12S/c1-3-5-7-9-11-13-15-17-19-21-23-25-26-27-29-31-33-35-37-39-41-43-45-47-49-67-51-53(52-68-59-57(63)58(71-72(64,65)66)56(62)54(50-60)70-59)69-55(61)48-46-44-42-40-38-36-34-32-30-28-24-22-20-18-16-14-12-10-8-6-4-2/h6,8,12,14,18,20-21,23-24,28,32,34,38,40,53-54,56-60,62-63H,3-5,7,9-11,13,15-17,19,22,25-27,29-31,33,35-37,39,41-52H2,1-2H3,(H,64,65,66)/b8-6-,14-12-,20-18-,23-21-,28-24-,34-32-,40-38-. The predicted molar refractivity (Wildman–Crippen MR) is 294 cm³/mol. The van der Waals surface area contributed by atoms with Crippen molar-refractivity contribution in [1.82, 2.24) is 0 Å². The second kappa shape index (κ2) is 49.2. The van der Waals surface area contributed by atoms with Gasteiger partial charge in [-0.3, -0.25) is 9.35 Å². The Morgan fingerprint density at radius 1 is 0.542 bits per heavy atom. The zero-order valence-corrected chi connectivity index (χ0v) is 45.8. The molecule has 1 aliphatic rings. The lowest BCUT2D eigenvalue weighted by atomic mass is 9.99. The third-order valence-corrected chi connectivity index (χ3v) is 13.0. The van der Waals surface area contributed by atoms with Gasteiger partial charge < -0.3 is 34.3 Å². The van der Waals surface area contributed by atoms with Crippen LogP contribution >= 0.6 is 0 Å². The van der Waals surface area contributed by atoms with Crippen LogP contribution in [0.25, 0.3) is 0 Å². The molecular formula is C59H102O12S. The maximum Gasteiger partial charge on any atom is 0.397 e. The lowest BCUT2D eigenvalue weighted by Gasteiger charge is -2.41. The Balaban J connectivity index is 2.35.